The lowest BCUT2D eigenvalue weighted by Crippen LogP contribution is -2.49. The zero-order chi connectivity index (χ0) is 15.9. The monoisotopic (exact) mass is 303 g/mol. The molecule has 1 aliphatic heterocycles. The van der Waals surface area contributed by atoms with Crippen LogP contribution >= 0.6 is 0 Å². The number of carbonyl (C=O) groups excluding carboxylic acids is 1. The van der Waals surface area contributed by atoms with Gasteiger partial charge in [-0.05, 0) is 20.3 Å². The number of halogens is 4. The van der Waals surface area contributed by atoms with Crippen molar-refractivity contribution in [3.63, 3.8) is 0 Å². The Morgan fingerprint density at radius 3 is 2.14 bits per heavy atom. The molecule has 1 amide bonds. The van der Waals surface area contributed by atoms with E-state index in [9.17, 15) is 22.4 Å². The lowest BCUT2D eigenvalue weighted by molar-refractivity contribution is -0.141. The van der Waals surface area contributed by atoms with Crippen molar-refractivity contribution in [2.45, 2.75) is 39.2 Å². The van der Waals surface area contributed by atoms with Crippen LogP contribution in [0, 0.1) is 29.2 Å². The second-order valence-corrected chi connectivity index (χ2v) is 5.49. The highest BCUT2D eigenvalue weighted by Crippen LogP contribution is 2.39. The molecule has 3 atom stereocenters. The maximum atomic E-state index is 14.0. The van der Waals surface area contributed by atoms with Crippen LogP contribution in [0.3, 0.4) is 0 Å². The molecule has 0 aliphatic carbocycles. The zero-order valence-electron chi connectivity index (χ0n) is 12.1. The van der Waals surface area contributed by atoms with Crippen molar-refractivity contribution < 1.29 is 22.4 Å². The van der Waals surface area contributed by atoms with Crippen molar-refractivity contribution >= 4 is 5.91 Å². The number of piperidine rings is 1. The smallest absolute Gasteiger partial charge is 0.225 e. The summed E-state index contributed by atoms with van der Waals surface area (Å²) in [6, 6.07) is -0.322. The Morgan fingerprint density at radius 2 is 1.67 bits per heavy atom. The lowest BCUT2D eigenvalue weighted by Gasteiger charge is -2.42. The summed E-state index contributed by atoms with van der Waals surface area (Å²) in [6.45, 7) is 5.42. The van der Waals surface area contributed by atoms with Crippen molar-refractivity contribution in [2.75, 3.05) is 6.54 Å². The first-order valence-corrected chi connectivity index (χ1v) is 6.92. The first-order chi connectivity index (χ1) is 9.79. The summed E-state index contributed by atoms with van der Waals surface area (Å²) in [7, 11) is 0. The number of likely N-dealkylation sites (N-methyl/N-ethyl adjacent to an activating group) is 1. The average Bonchev–Trinajstić information content (AvgIpc) is 2.43. The van der Waals surface area contributed by atoms with Crippen molar-refractivity contribution in [1.29, 1.82) is 0 Å². The molecule has 1 saturated heterocycles. The maximum Gasteiger partial charge on any atom is 0.225 e. The van der Waals surface area contributed by atoms with E-state index in [1.807, 2.05) is 0 Å². The number of hydrogen-bond donors (Lipinski definition) is 0. The zero-order valence-corrected chi connectivity index (χ0v) is 12.1. The average molecular weight is 303 g/mol. The highest BCUT2D eigenvalue weighted by atomic mass is 19.2. The lowest BCUT2D eigenvalue weighted by atomic mass is 9.79. The standard InChI is InChI=1S/C15H17F4NO/c1-4-20-8(3)9(5-7(2)15(20)21)12-13(18)10(16)6-11(17)14(12)19/h6-9H,4-5H2,1-3H3/t7-,8+,9+/m0/s1. The van der Waals surface area contributed by atoms with Gasteiger partial charge in [-0.1, -0.05) is 6.92 Å². The van der Waals surface area contributed by atoms with Crippen LogP contribution in [0.2, 0.25) is 0 Å². The molecule has 0 bridgehead atoms. The van der Waals surface area contributed by atoms with Gasteiger partial charge in [0.15, 0.2) is 23.3 Å². The SMILES string of the molecule is CCN1C(=O)[C@@H](C)C[C@@H](c2c(F)c(F)cc(F)c2F)[C@H]1C. The fourth-order valence-corrected chi connectivity index (χ4v) is 3.10. The molecule has 0 unspecified atom stereocenters. The molecule has 1 fully saturated rings. The van der Waals surface area contributed by atoms with Gasteiger partial charge in [-0.25, -0.2) is 17.6 Å². The van der Waals surface area contributed by atoms with Gasteiger partial charge in [0.25, 0.3) is 0 Å². The molecule has 6 heteroatoms. The van der Waals surface area contributed by atoms with Crippen LogP contribution < -0.4 is 0 Å². The normalized spacial score (nSPS) is 26.3. The Hall–Kier alpha value is -1.59. The first-order valence-electron chi connectivity index (χ1n) is 6.92. The van der Waals surface area contributed by atoms with Crippen molar-refractivity contribution in [2.24, 2.45) is 5.92 Å². The van der Waals surface area contributed by atoms with E-state index >= 15 is 0 Å². The number of nitrogens with zero attached hydrogens (tertiary/aromatic N) is 1. The van der Waals surface area contributed by atoms with E-state index in [2.05, 4.69) is 0 Å². The molecule has 21 heavy (non-hydrogen) atoms. The molecule has 0 radical (unpaired) electrons. The predicted octanol–water partition coefficient (Wildman–Crippen LogP) is 3.60. The molecular weight excluding hydrogens is 286 g/mol. The summed E-state index contributed by atoms with van der Waals surface area (Å²) < 4.78 is 54.7. The molecule has 1 heterocycles. The first kappa shape index (κ1) is 15.8. The summed E-state index contributed by atoms with van der Waals surface area (Å²) in [5.41, 5.74) is -0.599. The van der Waals surface area contributed by atoms with E-state index in [0.29, 0.717) is 6.54 Å². The minimum atomic E-state index is -1.41. The summed E-state index contributed by atoms with van der Waals surface area (Å²) in [5, 5.41) is 0. The third-order valence-corrected chi connectivity index (χ3v) is 4.24. The maximum absolute atomic E-state index is 14.0. The van der Waals surface area contributed by atoms with E-state index in [4.69, 9.17) is 0 Å². The Balaban J connectivity index is 2.53. The molecule has 0 spiro atoms. The van der Waals surface area contributed by atoms with Crippen LogP contribution in [-0.4, -0.2) is 23.4 Å². The van der Waals surface area contributed by atoms with Gasteiger partial charge < -0.3 is 4.90 Å². The van der Waals surface area contributed by atoms with Gasteiger partial charge in [0.05, 0.1) is 0 Å². The van der Waals surface area contributed by atoms with Crippen LogP contribution in [-0.2, 0) is 4.79 Å². The van der Waals surface area contributed by atoms with Gasteiger partial charge in [0, 0.05) is 36.1 Å². The van der Waals surface area contributed by atoms with Crippen LogP contribution in [0.15, 0.2) is 6.07 Å². The molecular formula is C15H17F4NO. The minimum absolute atomic E-state index is 0.112. The van der Waals surface area contributed by atoms with Gasteiger partial charge in [0.1, 0.15) is 0 Å². The number of carbonyl (C=O) groups is 1. The number of rotatable bonds is 2. The third-order valence-electron chi connectivity index (χ3n) is 4.24. The van der Waals surface area contributed by atoms with Crippen molar-refractivity contribution in [3.8, 4) is 0 Å². The summed E-state index contributed by atoms with van der Waals surface area (Å²) in [4.78, 5) is 13.5. The fraction of sp³-hybridized carbons (Fsp3) is 0.533. The Kier molecular flexibility index (Phi) is 4.25. The molecule has 2 rings (SSSR count). The molecule has 0 saturated carbocycles. The van der Waals surface area contributed by atoms with Gasteiger partial charge in [-0.15, -0.1) is 0 Å². The topological polar surface area (TPSA) is 20.3 Å². The number of amides is 1. The van der Waals surface area contributed by atoms with Gasteiger partial charge in [-0.3, -0.25) is 4.79 Å². The molecule has 1 aromatic carbocycles. The minimum Gasteiger partial charge on any atom is -0.339 e. The summed E-state index contributed by atoms with van der Waals surface area (Å²) >= 11 is 0. The quantitative estimate of drug-likeness (QED) is 0.604. The van der Waals surface area contributed by atoms with Gasteiger partial charge in [0.2, 0.25) is 5.91 Å². The molecule has 1 aliphatic rings. The number of likely N-dealkylation sites (tertiary alicyclic amines) is 1. The van der Waals surface area contributed by atoms with E-state index in [1.54, 1.807) is 20.8 Å². The van der Waals surface area contributed by atoms with Crippen molar-refractivity contribution in [3.05, 3.63) is 34.9 Å². The second kappa shape index (κ2) is 5.66. The largest absolute Gasteiger partial charge is 0.339 e. The van der Waals surface area contributed by atoms with E-state index in [0.717, 1.165) is 0 Å². The molecule has 1 aromatic rings. The fourth-order valence-electron chi connectivity index (χ4n) is 3.10. The van der Waals surface area contributed by atoms with E-state index < -0.39 is 46.7 Å². The van der Waals surface area contributed by atoms with Crippen LogP contribution in [0.25, 0.3) is 0 Å². The molecule has 0 aromatic heterocycles. The van der Waals surface area contributed by atoms with Crippen LogP contribution in [0.4, 0.5) is 17.6 Å². The summed E-state index contributed by atoms with van der Waals surface area (Å²) in [5.74, 6) is -6.91. The van der Waals surface area contributed by atoms with Crippen LogP contribution in [0.5, 0.6) is 0 Å². The number of hydrogen-bond acceptors (Lipinski definition) is 1. The molecule has 116 valence electrons. The van der Waals surface area contributed by atoms with E-state index in [-0.39, 0.29) is 18.4 Å². The van der Waals surface area contributed by atoms with Gasteiger partial charge >= 0.3 is 0 Å². The Bertz CT molecular complexity index is 549. The van der Waals surface area contributed by atoms with E-state index in [1.165, 1.54) is 4.90 Å². The Morgan fingerprint density at radius 1 is 1.14 bits per heavy atom. The van der Waals surface area contributed by atoms with Crippen LogP contribution in [0.1, 0.15) is 38.7 Å². The highest BCUT2D eigenvalue weighted by Gasteiger charge is 2.40. The van der Waals surface area contributed by atoms with Gasteiger partial charge in [-0.2, -0.15) is 0 Å². The highest BCUT2D eigenvalue weighted by molar-refractivity contribution is 5.80. The Labute approximate surface area is 120 Å². The molecule has 0 N–H and O–H groups in total. The molecule has 2 nitrogen and oxygen atoms in total. The summed E-state index contributed by atoms with van der Waals surface area (Å²) in [6.07, 6.45) is 0.160. The predicted molar refractivity (Wildman–Crippen MR) is 69.6 cm³/mol. The third kappa shape index (κ3) is 2.51. The second-order valence-electron chi connectivity index (χ2n) is 5.49. The number of benzene rings is 1. The van der Waals surface area contributed by atoms with Crippen molar-refractivity contribution in [1.82, 2.24) is 4.90 Å².